The quantitative estimate of drug-likeness (QED) is 0.530. The molecule has 2 atom stereocenters. The van der Waals surface area contributed by atoms with E-state index in [0.717, 1.165) is 12.8 Å². The van der Waals surface area contributed by atoms with Crippen LogP contribution < -0.4 is 0 Å². The summed E-state index contributed by atoms with van der Waals surface area (Å²) in [4.78, 5) is 0. The van der Waals surface area contributed by atoms with E-state index in [1.807, 2.05) is 6.08 Å². The maximum atomic E-state index is 3.80. The molecule has 0 nitrogen and oxygen atoms in total. The highest BCUT2D eigenvalue weighted by Crippen LogP contribution is 2.09. The van der Waals surface area contributed by atoms with Crippen LogP contribution >= 0.6 is 0 Å². The van der Waals surface area contributed by atoms with Gasteiger partial charge in [0.2, 0.25) is 0 Å². The van der Waals surface area contributed by atoms with Crippen molar-refractivity contribution in [1.82, 2.24) is 0 Å². The average molecular weight is 178 g/mol. The van der Waals surface area contributed by atoms with Crippen LogP contribution in [-0.2, 0) is 0 Å². The van der Waals surface area contributed by atoms with Gasteiger partial charge in [-0.3, -0.25) is 0 Å². The first kappa shape index (κ1) is 12.2. The normalized spacial score (nSPS) is 16.5. The topological polar surface area (TPSA) is 0 Å². The second kappa shape index (κ2) is 7.85. The maximum absolute atomic E-state index is 3.80. The molecule has 0 saturated heterocycles. The van der Waals surface area contributed by atoms with Gasteiger partial charge in [-0.15, -0.1) is 6.58 Å². The third-order valence-electron chi connectivity index (χ3n) is 2.19. The molecule has 0 aliphatic heterocycles. The maximum Gasteiger partial charge on any atom is -0.00588 e. The lowest BCUT2D eigenvalue weighted by atomic mass is 10.0. The van der Waals surface area contributed by atoms with E-state index in [0.29, 0.717) is 11.8 Å². The molecule has 0 rings (SSSR count). The third kappa shape index (κ3) is 6.39. The molecule has 0 spiro atoms. The van der Waals surface area contributed by atoms with Crippen LogP contribution in [0.4, 0.5) is 0 Å². The van der Waals surface area contributed by atoms with Gasteiger partial charge in [0.15, 0.2) is 0 Å². The fourth-order valence-corrected chi connectivity index (χ4v) is 1.26. The molecule has 0 saturated carbocycles. The van der Waals surface area contributed by atoms with Gasteiger partial charge in [0.25, 0.3) is 0 Å². The van der Waals surface area contributed by atoms with E-state index in [1.165, 1.54) is 0 Å². The molecule has 0 aromatic rings. The van der Waals surface area contributed by atoms with Gasteiger partial charge in [-0.05, 0) is 31.6 Å². The van der Waals surface area contributed by atoms with E-state index in [4.69, 9.17) is 0 Å². The SMILES string of the molecule is C=CC(C=CCC(C)C=CC)CC. The number of hydrogen-bond donors (Lipinski definition) is 0. The van der Waals surface area contributed by atoms with E-state index >= 15 is 0 Å². The van der Waals surface area contributed by atoms with E-state index in [2.05, 4.69) is 51.7 Å². The van der Waals surface area contributed by atoms with E-state index < -0.39 is 0 Å². The van der Waals surface area contributed by atoms with Crippen molar-refractivity contribution in [2.24, 2.45) is 11.8 Å². The Morgan fingerprint density at radius 3 is 2.46 bits per heavy atom. The fraction of sp³-hybridized carbons (Fsp3) is 0.538. The van der Waals surface area contributed by atoms with Crippen molar-refractivity contribution in [2.75, 3.05) is 0 Å². The summed E-state index contributed by atoms with van der Waals surface area (Å²) in [5.74, 6) is 1.21. The van der Waals surface area contributed by atoms with Crippen LogP contribution in [0.25, 0.3) is 0 Å². The Morgan fingerprint density at radius 1 is 1.31 bits per heavy atom. The molecule has 0 aliphatic rings. The summed E-state index contributed by atoms with van der Waals surface area (Å²) >= 11 is 0. The summed E-state index contributed by atoms with van der Waals surface area (Å²) in [6.45, 7) is 10.3. The minimum absolute atomic E-state index is 0.554. The van der Waals surface area contributed by atoms with Gasteiger partial charge in [-0.25, -0.2) is 0 Å². The first-order valence-electron chi connectivity index (χ1n) is 5.16. The Bertz CT molecular complexity index is 174. The second-order valence-corrected chi connectivity index (χ2v) is 3.47. The van der Waals surface area contributed by atoms with E-state index in [-0.39, 0.29) is 0 Å². The van der Waals surface area contributed by atoms with Crippen LogP contribution in [0.2, 0.25) is 0 Å². The van der Waals surface area contributed by atoms with Crippen molar-refractivity contribution in [3.05, 3.63) is 37.0 Å². The van der Waals surface area contributed by atoms with Gasteiger partial charge in [0.1, 0.15) is 0 Å². The molecule has 0 aromatic carbocycles. The molecule has 0 bridgehead atoms. The summed E-state index contributed by atoms with van der Waals surface area (Å²) in [6.07, 6.45) is 13.2. The van der Waals surface area contributed by atoms with Gasteiger partial charge in [0, 0.05) is 0 Å². The Kier molecular flexibility index (Phi) is 7.38. The van der Waals surface area contributed by atoms with E-state index in [9.17, 15) is 0 Å². The molecule has 0 radical (unpaired) electrons. The fourth-order valence-electron chi connectivity index (χ4n) is 1.26. The zero-order chi connectivity index (χ0) is 10.1. The molecule has 0 heteroatoms. The molecule has 0 heterocycles. The van der Waals surface area contributed by atoms with Crippen molar-refractivity contribution in [3.8, 4) is 0 Å². The summed E-state index contributed by atoms with van der Waals surface area (Å²) in [7, 11) is 0. The smallest absolute Gasteiger partial charge is 0.00588 e. The Balaban J connectivity index is 3.78. The minimum atomic E-state index is 0.554. The Hall–Kier alpha value is -0.780. The standard InChI is InChI=1S/C13H22/c1-5-9-12(4)10-8-11-13(6-2)7-3/h5-6,8-9,11-13H,2,7,10H2,1,3-4H3. The Morgan fingerprint density at radius 2 is 2.00 bits per heavy atom. The highest BCUT2D eigenvalue weighted by atomic mass is 14.0. The zero-order valence-corrected chi connectivity index (χ0v) is 9.16. The summed E-state index contributed by atoms with van der Waals surface area (Å²) in [6, 6.07) is 0. The van der Waals surface area contributed by atoms with Crippen molar-refractivity contribution < 1.29 is 0 Å². The predicted molar refractivity (Wildman–Crippen MR) is 61.7 cm³/mol. The largest absolute Gasteiger partial charge is 0.102 e. The van der Waals surface area contributed by atoms with Crippen molar-refractivity contribution >= 4 is 0 Å². The molecule has 0 fully saturated rings. The third-order valence-corrected chi connectivity index (χ3v) is 2.19. The van der Waals surface area contributed by atoms with Crippen molar-refractivity contribution in [2.45, 2.75) is 33.6 Å². The van der Waals surface area contributed by atoms with Crippen LogP contribution in [0.3, 0.4) is 0 Å². The van der Waals surface area contributed by atoms with Crippen LogP contribution in [0.5, 0.6) is 0 Å². The molecule has 0 amide bonds. The summed E-state index contributed by atoms with van der Waals surface area (Å²) in [5, 5.41) is 0. The van der Waals surface area contributed by atoms with Crippen LogP contribution in [0.15, 0.2) is 37.0 Å². The molecule has 0 aliphatic carbocycles. The molecule has 13 heavy (non-hydrogen) atoms. The van der Waals surface area contributed by atoms with Gasteiger partial charge in [-0.1, -0.05) is 44.2 Å². The number of allylic oxidation sites excluding steroid dienone is 5. The minimum Gasteiger partial charge on any atom is -0.102 e. The van der Waals surface area contributed by atoms with Crippen molar-refractivity contribution in [3.63, 3.8) is 0 Å². The average Bonchev–Trinajstić information content (AvgIpc) is 2.13. The van der Waals surface area contributed by atoms with Gasteiger partial charge >= 0.3 is 0 Å². The second-order valence-electron chi connectivity index (χ2n) is 3.47. The molecule has 0 aromatic heterocycles. The molecule has 0 N–H and O–H groups in total. The summed E-state index contributed by atoms with van der Waals surface area (Å²) in [5.41, 5.74) is 0. The van der Waals surface area contributed by atoms with E-state index in [1.54, 1.807) is 0 Å². The lowest BCUT2D eigenvalue weighted by Crippen LogP contribution is -1.89. The first-order chi connectivity index (χ1) is 6.24. The lowest BCUT2D eigenvalue weighted by molar-refractivity contribution is 0.724. The van der Waals surface area contributed by atoms with Crippen LogP contribution in [-0.4, -0.2) is 0 Å². The monoisotopic (exact) mass is 178 g/mol. The van der Waals surface area contributed by atoms with Crippen molar-refractivity contribution in [1.29, 1.82) is 0 Å². The number of rotatable bonds is 6. The predicted octanol–water partition coefficient (Wildman–Crippen LogP) is 4.36. The molecule has 74 valence electrons. The highest BCUT2D eigenvalue weighted by Gasteiger charge is 1.95. The zero-order valence-electron chi connectivity index (χ0n) is 9.16. The van der Waals surface area contributed by atoms with Crippen LogP contribution in [0.1, 0.15) is 33.6 Å². The molecule has 2 unspecified atom stereocenters. The highest BCUT2D eigenvalue weighted by molar-refractivity contribution is 4.98. The summed E-state index contributed by atoms with van der Waals surface area (Å²) < 4.78 is 0. The van der Waals surface area contributed by atoms with Crippen LogP contribution in [0, 0.1) is 11.8 Å². The molecular weight excluding hydrogens is 156 g/mol. The van der Waals surface area contributed by atoms with Gasteiger partial charge in [-0.2, -0.15) is 0 Å². The van der Waals surface area contributed by atoms with Gasteiger partial charge < -0.3 is 0 Å². The first-order valence-corrected chi connectivity index (χ1v) is 5.16. The number of hydrogen-bond acceptors (Lipinski definition) is 0. The molecular formula is C13H22. The Labute approximate surface area is 83.0 Å². The lowest BCUT2D eigenvalue weighted by Gasteiger charge is -2.03. The van der Waals surface area contributed by atoms with Gasteiger partial charge in [0.05, 0.1) is 0 Å².